The van der Waals surface area contributed by atoms with E-state index in [0.717, 1.165) is 6.61 Å². The van der Waals surface area contributed by atoms with E-state index in [0.29, 0.717) is 6.10 Å². The minimum Gasteiger partial charge on any atom is -0.372 e. The fourth-order valence-corrected chi connectivity index (χ4v) is 0.466. The standard InChI is InChI=1S/C4H7ClO/c1-3(5)4-2-6-4/h3-4H,2H2,1H3/t3-,4+/m0/s1. The van der Waals surface area contributed by atoms with Crippen molar-refractivity contribution in [2.45, 2.75) is 18.4 Å². The van der Waals surface area contributed by atoms with Crippen molar-refractivity contribution in [1.29, 1.82) is 0 Å². The van der Waals surface area contributed by atoms with Crippen molar-refractivity contribution < 1.29 is 4.74 Å². The first-order valence-electron chi connectivity index (χ1n) is 2.06. The van der Waals surface area contributed by atoms with Crippen LogP contribution in [0.4, 0.5) is 0 Å². The molecule has 0 aliphatic carbocycles. The number of ether oxygens (including phenoxy) is 1. The molecule has 1 fully saturated rings. The molecule has 0 N–H and O–H groups in total. The van der Waals surface area contributed by atoms with E-state index in [1.165, 1.54) is 0 Å². The van der Waals surface area contributed by atoms with Gasteiger partial charge in [0.05, 0.1) is 18.1 Å². The van der Waals surface area contributed by atoms with Crippen LogP contribution in [0.15, 0.2) is 0 Å². The lowest BCUT2D eigenvalue weighted by atomic mass is 10.4. The van der Waals surface area contributed by atoms with Crippen LogP contribution >= 0.6 is 11.6 Å². The third-order valence-electron chi connectivity index (χ3n) is 0.871. The van der Waals surface area contributed by atoms with Gasteiger partial charge in [0.15, 0.2) is 0 Å². The minimum atomic E-state index is 0.213. The predicted octanol–water partition coefficient (Wildman–Crippen LogP) is 1.01. The molecular formula is C4H7ClO. The van der Waals surface area contributed by atoms with Gasteiger partial charge in [0, 0.05) is 0 Å². The zero-order valence-corrected chi connectivity index (χ0v) is 4.40. The average Bonchev–Trinajstić information content (AvgIpc) is 2.06. The van der Waals surface area contributed by atoms with E-state index in [1.807, 2.05) is 6.92 Å². The number of halogens is 1. The Morgan fingerprint density at radius 2 is 2.50 bits per heavy atom. The van der Waals surface area contributed by atoms with E-state index in [9.17, 15) is 0 Å². The van der Waals surface area contributed by atoms with Gasteiger partial charge in [-0.15, -0.1) is 11.6 Å². The van der Waals surface area contributed by atoms with Gasteiger partial charge < -0.3 is 4.74 Å². The molecule has 1 aliphatic heterocycles. The van der Waals surface area contributed by atoms with Gasteiger partial charge in [-0.1, -0.05) is 0 Å². The summed E-state index contributed by atoms with van der Waals surface area (Å²) in [6.45, 7) is 2.81. The van der Waals surface area contributed by atoms with Crippen LogP contribution in [-0.2, 0) is 4.74 Å². The molecule has 2 heteroatoms. The van der Waals surface area contributed by atoms with E-state index in [-0.39, 0.29) is 5.38 Å². The second kappa shape index (κ2) is 1.39. The zero-order valence-electron chi connectivity index (χ0n) is 3.65. The van der Waals surface area contributed by atoms with Crippen LogP contribution in [0.1, 0.15) is 6.92 Å². The van der Waals surface area contributed by atoms with E-state index in [4.69, 9.17) is 16.3 Å². The zero-order chi connectivity index (χ0) is 4.57. The van der Waals surface area contributed by atoms with Crippen LogP contribution in [0.5, 0.6) is 0 Å². The van der Waals surface area contributed by atoms with Crippen molar-refractivity contribution in [2.24, 2.45) is 0 Å². The molecule has 0 aromatic carbocycles. The molecule has 0 amide bonds. The van der Waals surface area contributed by atoms with Crippen LogP contribution in [0.25, 0.3) is 0 Å². The maximum atomic E-state index is 5.55. The first-order chi connectivity index (χ1) is 2.80. The minimum absolute atomic E-state index is 0.213. The Balaban J connectivity index is 2.13. The molecule has 36 valence electrons. The van der Waals surface area contributed by atoms with Gasteiger partial charge in [-0.05, 0) is 6.92 Å². The van der Waals surface area contributed by atoms with E-state index in [2.05, 4.69) is 0 Å². The van der Waals surface area contributed by atoms with Crippen molar-refractivity contribution in [3.05, 3.63) is 0 Å². The number of epoxide rings is 1. The smallest absolute Gasteiger partial charge is 0.0970 e. The molecule has 0 radical (unpaired) electrons. The highest BCUT2D eigenvalue weighted by Crippen LogP contribution is 2.17. The molecular weight excluding hydrogens is 99.5 g/mol. The van der Waals surface area contributed by atoms with Crippen molar-refractivity contribution in [1.82, 2.24) is 0 Å². The molecule has 1 rings (SSSR count). The Bertz CT molecular complexity index is 49.5. The third-order valence-corrected chi connectivity index (χ3v) is 1.15. The largest absolute Gasteiger partial charge is 0.372 e. The molecule has 6 heavy (non-hydrogen) atoms. The second-order valence-electron chi connectivity index (χ2n) is 1.55. The molecule has 2 atom stereocenters. The van der Waals surface area contributed by atoms with Crippen molar-refractivity contribution in [3.8, 4) is 0 Å². The van der Waals surface area contributed by atoms with E-state index in [1.54, 1.807) is 0 Å². The fourth-order valence-electron chi connectivity index (χ4n) is 0.321. The van der Waals surface area contributed by atoms with Gasteiger partial charge >= 0.3 is 0 Å². The Hall–Kier alpha value is 0.250. The van der Waals surface area contributed by atoms with Crippen molar-refractivity contribution in [3.63, 3.8) is 0 Å². The summed E-state index contributed by atoms with van der Waals surface area (Å²) in [6.07, 6.45) is 0.367. The first kappa shape index (κ1) is 4.41. The molecule has 1 heterocycles. The lowest BCUT2D eigenvalue weighted by molar-refractivity contribution is 0.406. The highest BCUT2D eigenvalue weighted by molar-refractivity contribution is 6.20. The topological polar surface area (TPSA) is 12.5 Å². The molecule has 0 saturated carbocycles. The van der Waals surface area contributed by atoms with Gasteiger partial charge in [0.2, 0.25) is 0 Å². The number of rotatable bonds is 1. The lowest BCUT2D eigenvalue weighted by Crippen LogP contribution is -1.98. The lowest BCUT2D eigenvalue weighted by Gasteiger charge is -1.88. The Kier molecular flexibility index (Phi) is 1.02. The summed E-state index contributed by atoms with van der Waals surface area (Å²) in [6, 6.07) is 0. The highest BCUT2D eigenvalue weighted by atomic mass is 35.5. The Labute approximate surface area is 42.2 Å². The van der Waals surface area contributed by atoms with Crippen LogP contribution in [0.3, 0.4) is 0 Å². The van der Waals surface area contributed by atoms with Crippen molar-refractivity contribution >= 4 is 11.6 Å². The monoisotopic (exact) mass is 106 g/mol. The SMILES string of the molecule is C[C@H](Cl)[C@H]1CO1. The van der Waals surface area contributed by atoms with E-state index >= 15 is 0 Å². The summed E-state index contributed by atoms with van der Waals surface area (Å²) in [7, 11) is 0. The molecule has 0 unspecified atom stereocenters. The van der Waals surface area contributed by atoms with Gasteiger partial charge in [0.1, 0.15) is 0 Å². The Morgan fingerprint density at radius 3 is 2.50 bits per heavy atom. The van der Waals surface area contributed by atoms with Crippen LogP contribution < -0.4 is 0 Å². The van der Waals surface area contributed by atoms with Gasteiger partial charge in [-0.3, -0.25) is 0 Å². The van der Waals surface area contributed by atoms with Gasteiger partial charge in [-0.25, -0.2) is 0 Å². The third kappa shape index (κ3) is 0.854. The molecule has 0 spiro atoms. The number of alkyl halides is 1. The summed E-state index contributed by atoms with van der Waals surface area (Å²) in [5.41, 5.74) is 0. The maximum Gasteiger partial charge on any atom is 0.0970 e. The molecule has 0 aromatic rings. The number of hydrogen-bond donors (Lipinski definition) is 0. The summed E-state index contributed by atoms with van der Waals surface area (Å²) in [5, 5.41) is 0.213. The first-order valence-corrected chi connectivity index (χ1v) is 2.50. The fraction of sp³-hybridized carbons (Fsp3) is 1.00. The van der Waals surface area contributed by atoms with Crippen LogP contribution in [-0.4, -0.2) is 18.1 Å². The molecule has 0 aromatic heterocycles. The van der Waals surface area contributed by atoms with E-state index < -0.39 is 0 Å². The summed E-state index contributed by atoms with van der Waals surface area (Å²) in [5.74, 6) is 0. The molecule has 1 nitrogen and oxygen atoms in total. The molecule has 0 bridgehead atoms. The predicted molar refractivity (Wildman–Crippen MR) is 25.1 cm³/mol. The highest BCUT2D eigenvalue weighted by Gasteiger charge is 2.27. The van der Waals surface area contributed by atoms with Crippen LogP contribution in [0, 0.1) is 0 Å². The normalized spacial score (nSPS) is 36.0. The maximum absolute atomic E-state index is 5.55. The second-order valence-corrected chi connectivity index (χ2v) is 2.24. The summed E-state index contributed by atoms with van der Waals surface area (Å²) < 4.78 is 4.84. The Morgan fingerprint density at radius 1 is 2.00 bits per heavy atom. The van der Waals surface area contributed by atoms with Gasteiger partial charge in [0.25, 0.3) is 0 Å². The van der Waals surface area contributed by atoms with Gasteiger partial charge in [-0.2, -0.15) is 0 Å². The molecule has 1 aliphatic rings. The van der Waals surface area contributed by atoms with Crippen LogP contribution in [0.2, 0.25) is 0 Å². The number of hydrogen-bond acceptors (Lipinski definition) is 1. The quantitative estimate of drug-likeness (QED) is 0.359. The van der Waals surface area contributed by atoms with Crippen molar-refractivity contribution in [2.75, 3.05) is 6.61 Å². The summed E-state index contributed by atoms with van der Waals surface area (Å²) >= 11 is 5.55. The average molecular weight is 107 g/mol. The molecule has 1 saturated heterocycles. The summed E-state index contributed by atoms with van der Waals surface area (Å²) in [4.78, 5) is 0.